The molecule has 4 aromatic rings. The quantitative estimate of drug-likeness (QED) is 0.295. The topological polar surface area (TPSA) is 90.9 Å². The van der Waals surface area contributed by atoms with E-state index in [2.05, 4.69) is 58.5 Å². The van der Waals surface area contributed by atoms with E-state index in [0.29, 0.717) is 35.4 Å². The van der Waals surface area contributed by atoms with Crippen molar-refractivity contribution in [3.63, 3.8) is 0 Å². The molecular formula is C21H16Br2ClN7. The Kier molecular flexibility index (Phi) is 6.41. The van der Waals surface area contributed by atoms with Gasteiger partial charge in [0.25, 0.3) is 0 Å². The average Bonchev–Trinajstić information content (AvgIpc) is 3.16. The summed E-state index contributed by atoms with van der Waals surface area (Å²) in [6, 6.07) is 11.3. The van der Waals surface area contributed by atoms with E-state index in [0.717, 1.165) is 31.5 Å². The van der Waals surface area contributed by atoms with Gasteiger partial charge in [0.1, 0.15) is 16.5 Å². The van der Waals surface area contributed by atoms with Crippen molar-refractivity contribution in [1.82, 2.24) is 19.4 Å². The van der Waals surface area contributed by atoms with Gasteiger partial charge in [-0.1, -0.05) is 17.7 Å². The minimum absolute atomic E-state index is 0.528. The Morgan fingerprint density at radius 1 is 1.10 bits per heavy atom. The van der Waals surface area contributed by atoms with Gasteiger partial charge in [-0.3, -0.25) is 4.40 Å². The lowest BCUT2D eigenvalue weighted by Gasteiger charge is -2.15. The molecule has 10 heteroatoms. The van der Waals surface area contributed by atoms with Gasteiger partial charge < -0.3 is 10.6 Å². The van der Waals surface area contributed by atoms with E-state index in [4.69, 9.17) is 21.8 Å². The van der Waals surface area contributed by atoms with Gasteiger partial charge in [-0.05, 0) is 68.6 Å². The van der Waals surface area contributed by atoms with E-state index in [9.17, 15) is 0 Å². The van der Waals surface area contributed by atoms with Crippen LogP contribution in [0.3, 0.4) is 0 Å². The predicted molar refractivity (Wildman–Crippen MR) is 130 cm³/mol. The molecule has 7 nitrogen and oxygen atoms in total. The molecule has 0 radical (unpaired) electrons. The second-order valence-electron chi connectivity index (χ2n) is 6.69. The molecule has 156 valence electrons. The molecule has 0 aliphatic carbocycles. The van der Waals surface area contributed by atoms with E-state index in [-0.39, 0.29) is 0 Å². The van der Waals surface area contributed by atoms with Crippen LogP contribution < -0.4 is 10.6 Å². The van der Waals surface area contributed by atoms with Crippen molar-refractivity contribution in [1.29, 1.82) is 5.26 Å². The number of benzene rings is 1. The summed E-state index contributed by atoms with van der Waals surface area (Å²) >= 11 is 13.3. The number of aryl methyl sites for hydroxylation is 1. The third kappa shape index (κ3) is 4.51. The first kappa shape index (κ1) is 21.6. The molecule has 0 fully saturated rings. The monoisotopic (exact) mass is 559 g/mol. The number of halogens is 3. The summed E-state index contributed by atoms with van der Waals surface area (Å²) < 4.78 is 3.49. The molecule has 0 aliphatic heterocycles. The zero-order chi connectivity index (χ0) is 22.0. The van der Waals surface area contributed by atoms with Crippen LogP contribution in [0.2, 0.25) is 5.02 Å². The number of nitrogens with one attached hydrogen (secondary N) is 2. The van der Waals surface area contributed by atoms with Crippen LogP contribution in [0.5, 0.6) is 0 Å². The van der Waals surface area contributed by atoms with Gasteiger partial charge in [-0.2, -0.15) is 5.26 Å². The molecular weight excluding hydrogens is 546 g/mol. The third-order valence-corrected chi connectivity index (χ3v) is 6.13. The van der Waals surface area contributed by atoms with E-state index in [1.54, 1.807) is 24.5 Å². The summed E-state index contributed by atoms with van der Waals surface area (Å²) in [7, 11) is 0. The fourth-order valence-corrected chi connectivity index (χ4v) is 4.36. The highest BCUT2D eigenvalue weighted by molar-refractivity contribution is 9.11. The first-order valence-electron chi connectivity index (χ1n) is 9.31. The lowest BCUT2D eigenvalue weighted by atomic mass is 10.1. The van der Waals surface area contributed by atoms with Gasteiger partial charge in [0.2, 0.25) is 5.95 Å². The zero-order valence-electron chi connectivity index (χ0n) is 16.3. The van der Waals surface area contributed by atoms with Crippen LogP contribution in [0.1, 0.15) is 11.1 Å². The minimum Gasteiger partial charge on any atom is -0.368 e. The smallest absolute Gasteiger partial charge is 0.210 e. The zero-order valence-corrected chi connectivity index (χ0v) is 20.3. The molecule has 3 heterocycles. The Balaban J connectivity index is 1.59. The molecule has 0 amide bonds. The van der Waals surface area contributed by atoms with Crippen LogP contribution in [0, 0.1) is 18.3 Å². The Morgan fingerprint density at radius 2 is 1.90 bits per heavy atom. The Hall–Kier alpha value is -2.67. The fourth-order valence-electron chi connectivity index (χ4n) is 3.12. The number of fused-ring (bicyclic) bond motifs is 1. The van der Waals surface area contributed by atoms with Crippen molar-refractivity contribution in [3.05, 3.63) is 68.0 Å². The number of hydrogen-bond donors (Lipinski definition) is 2. The number of hydrogen-bond acceptors (Lipinski definition) is 6. The highest BCUT2D eigenvalue weighted by Crippen LogP contribution is 2.35. The SMILES string of the molecule is Cc1cc(Cl)ccc1-c1nc(NCCNc2ccc(C#N)cn2)n2c(Br)cnc2c1Br. The fraction of sp³-hybridized carbons (Fsp3) is 0.143. The molecule has 3 aromatic heterocycles. The molecule has 31 heavy (non-hydrogen) atoms. The van der Waals surface area contributed by atoms with Gasteiger partial charge in [0.15, 0.2) is 5.65 Å². The van der Waals surface area contributed by atoms with Crippen LogP contribution in [0.15, 0.2) is 51.8 Å². The summed E-state index contributed by atoms with van der Waals surface area (Å²) in [5.41, 5.74) is 4.05. The molecule has 0 atom stereocenters. The van der Waals surface area contributed by atoms with Gasteiger partial charge in [-0.15, -0.1) is 0 Å². The van der Waals surface area contributed by atoms with Crippen molar-refractivity contribution >= 4 is 60.9 Å². The molecule has 2 N–H and O–H groups in total. The predicted octanol–water partition coefficient (Wildman–Crippen LogP) is 5.67. The van der Waals surface area contributed by atoms with Gasteiger partial charge in [0.05, 0.1) is 21.9 Å². The highest BCUT2D eigenvalue weighted by atomic mass is 79.9. The Bertz CT molecular complexity index is 1300. The standard InChI is InChI=1S/C21H16Br2ClN7/c1-12-8-14(24)3-4-15(12)19-18(23)20-29-11-16(22)31(20)21(30-19)27-7-6-26-17-5-2-13(9-25)10-28-17/h2-5,8,10-11H,6-7H2,1H3,(H,26,28)(H,27,30). The molecule has 0 bridgehead atoms. The van der Waals surface area contributed by atoms with Crippen LogP contribution in [0.4, 0.5) is 11.8 Å². The lowest BCUT2D eigenvalue weighted by molar-refractivity contribution is 0.984. The summed E-state index contributed by atoms with van der Waals surface area (Å²) in [6.45, 7) is 3.21. The molecule has 4 rings (SSSR count). The van der Waals surface area contributed by atoms with Gasteiger partial charge in [0, 0.05) is 29.9 Å². The van der Waals surface area contributed by atoms with Crippen molar-refractivity contribution < 1.29 is 0 Å². The number of pyridine rings is 1. The first-order valence-corrected chi connectivity index (χ1v) is 11.3. The normalized spacial score (nSPS) is 10.8. The van der Waals surface area contributed by atoms with Crippen molar-refractivity contribution in [3.8, 4) is 17.3 Å². The van der Waals surface area contributed by atoms with Crippen LogP contribution >= 0.6 is 43.5 Å². The minimum atomic E-state index is 0.528. The van der Waals surface area contributed by atoms with Gasteiger partial charge in [-0.25, -0.2) is 15.0 Å². The summed E-state index contributed by atoms with van der Waals surface area (Å²) in [4.78, 5) is 13.6. The number of imidazole rings is 1. The Morgan fingerprint density at radius 3 is 2.61 bits per heavy atom. The summed E-state index contributed by atoms with van der Waals surface area (Å²) in [6.07, 6.45) is 3.28. The maximum Gasteiger partial charge on any atom is 0.210 e. The molecule has 0 unspecified atom stereocenters. The average molecular weight is 562 g/mol. The molecule has 1 aromatic carbocycles. The molecule has 0 saturated carbocycles. The van der Waals surface area contributed by atoms with E-state index < -0.39 is 0 Å². The van der Waals surface area contributed by atoms with Crippen LogP contribution in [-0.2, 0) is 0 Å². The second-order valence-corrected chi connectivity index (χ2v) is 8.74. The third-order valence-electron chi connectivity index (χ3n) is 4.60. The number of nitrogens with zero attached hydrogens (tertiary/aromatic N) is 5. The van der Waals surface area contributed by atoms with E-state index in [1.807, 2.05) is 29.5 Å². The summed E-state index contributed by atoms with van der Waals surface area (Å²) in [5, 5.41) is 16.1. The lowest BCUT2D eigenvalue weighted by Crippen LogP contribution is -2.17. The molecule has 0 aliphatic rings. The number of aromatic nitrogens is 4. The number of anilines is 2. The van der Waals surface area contributed by atoms with Crippen molar-refractivity contribution in [2.45, 2.75) is 6.92 Å². The van der Waals surface area contributed by atoms with E-state index >= 15 is 0 Å². The van der Waals surface area contributed by atoms with Crippen molar-refractivity contribution in [2.24, 2.45) is 0 Å². The largest absolute Gasteiger partial charge is 0.368 e. The highest BCUT2D eigenvalue weighted by Gasteiger charge is 2.18. The van der Waals surface area contributed by atoms with E-state index in [1.165, 1.54) is 0 Å². The van der Waals surface area contributed by atoms with Crippen LogP contribution in [0.25, 0.3) is 16.9 Å². The number of nitriles is 1. The second kappa shape index (κ2) is 9.22. The maximum absolute atomic E-state index is 8.87. The van der Waals surface area contributed by atoms with Gasteiger partial charge >= 0.3 is 0 Å². The van der Waals surface area contributed by atoms with Crippen LogP contribution in [-0.4, -0.2) is 32.4 Å². The summed E-state index contributed by atoms with van der Waals surface area (Å²) in [5.74, 6) is 1.36. The first-order chi connectivity index (χ1) is 15.0. The van der Waals surface area contributed by atoms with Crippen molar-refractivity contribution in [2.75, 3.05) is 23.7 Å². The number of rotatable bonds is 6. The Labute approximate surface area is 200 Å². The molecule has 0 saturated heterocycles. The molecule has 0 spiro atoms. The maximum atomic E-state index is 8.87.